The second-order valence-electron chi connectivity index (χ2n) is 13.0. The van der Waals surface area contributed by atoms with Gasteiger partial charge in [-0.3, -0.25) is 9.59 Å². The molecular weight excluding hydrogens is 548 g/mol. The molecule has 0 fully saturated rings. The second-order valence-corrected chi connectivity index (χ2v) is 13.0. The number of rotatable bonds is 34. The van der Waals surface area contributed by atoms with Crippen LogP contribution in [0.4, 0.5) is 0 Å². The molecule has 0 aromatic carbocycles. The van der Waals surface area contributed by atoms with Gasteiger partial charge < -0.3 is 15.4 Å². The fourth-order valence-corrected chi connectivity index (χ4v) is 5.80. The van der Waals surface area contributed by atoms with Crippen molar-refractivity contribution in [1.29, 1.82) is 0 Å². The van der Waals surface area contributed by atoms with Gasteiger partial charge in [-0.05, 0) is 39.0 Å². The minimum Gasteiger partial charge on any atom is -0.464 e. The average molecular weight is 623 g/mol. The Kier molecular flexibility index (Phi) is 33.0. The molecule has 260 valence electrons. The Balaban J connectivity index is 3.82. The molecule has 6 heteroatoms. The number of carbonyl (C=O) groups excluding carboxylic acids is 3. The van der Waals surface area contributed by atoms with Gasteiger partial charge in [-0.15, -0.1) is 0 Å². The lowest BCUT2D eigenvalue weighted by molar-refractivity contribution is -0.147. The van der Waals surface area contributed by atoms with Gasteiger partial charge in [0, 0.05) is 19.4 Å². The lowest BCUT2D eigenvalue weighted by Gasteiger charge is -2.17. The fraction of sp³-hybridized carbons (Fsp3) is 0.921. The van der Waals surface area contributed by atoms with E-state index in [0.29, 0.717) is 32.4 Å². The number of hydrogen-bond acceptors (Lipinski definition) is 4. The molecule has 1 atom stereocenters. The molecule has 0 unspecified atom stereocenters. The standard InChI is InChI=1S/C38H74N2O4/c1-4-7-9-11-13-15-16-17-18-19-20-22-24-26-28-33-37(42)40-35(38(43)44-6-3)31-29-30-34-39-36(41)32-27-25-23-21-14-12-10-8-5-2/h35H,4-34H2,1-3H3,(H,39,41)(H,40,42)/t35-/m0/s1. The molecule has 6 nitrogen and oxygen atoms in total. The first-order chi connectivity index (χ1) is 21.5. The Hall–Kier alpha value is -1.59. The van der Waals surface area contributed by atoms with Crippen molar-refractivity contribution in [3.8, 4) is 0 Å². The zero-order valence-electron chi connectivity index (χ0n) is 29.6. The van der Waals surface area contributed by atoms with E-state index in [0.717, 1.165) is 38.5 Å². The lowest BCUT2D eigenvalue weighted by Crippen LogP contribution is -2.41. The minimum absolute atomic E-state index is 0.0630. The maximum absolute atomic E-state index is 12.5. The predicted octanol–water partition coefficient (Wildman–Crippen LogP) is 10.5. The van der Waals surface area contributed by atoms with Gasteiger partial charge in [0.15, 0.2) is 0 Å². The highest BCUT2D eigenvalue weighted by molar-refractivity contribution is 5.84. The summed E-state index contributed by atoms with van der Waals surface area (Å²) in [5.41, 5.74) is 0. The molecule has 2 N–H and O–H groups in total. The van der Waals surface area contributed by atoms with Gasteiger partial charge in [0.2, 0.25) is 11.8 Å². The minimum atomic E-state index is -0.600. The Morgan fingerprint density at radius 1 is 0.477 bits per heavy atom. The molecule has 0 bridgehead atoms. The van der Waals surface area contributed by atoms with E-state index in [4.69, 9.17) is 4.74 Å². The van der Waals surface area contributed by atoms with Crippen LogP contribution in [-0.2, 0) is 19.1 Å². The van der Waals surface area contributed by atoms with Crippen LogP contribution in [0.15, 0.2) is 0 Å². The van der Waals surface area contributed by atoms with Crippen molar-refractivity contribution < 1.29 is 19.1 Å². The molecular formula is C38H74N2O4. The maximum atomic E-state index is 12.5. The molecule has 0 saturated heterocycles. The normalized spacial score (nSPS) is 11.8. The number of carbonyl (C=O) groups is 3. The van der Waals surface area contributed by atoms with Crippen molar-refractivity contribution in [1.82, 2.24) is 10.6 Å². The fourth-order valence-electron chi connectivity index (χ4n) is 5.80. The first kappa shape index (κ1) is 42.4. The zero-order chi connectivity index (χ0) is 32.4. The summed E-state index contributed by atoms with van der Waals surface area (Å²) in [5.74, 6) is -0.301. The van der Waals surface area contributed by atoms with Gasteiger partial charge in [0.25, 0.3) is 0 Å². The summed E-state index contributed by atoms with van der Waals surface area (Å²) in [6.07, 6.45) is 33.8. The van der Waals surface area contributed by atoms with Gasteiger partial charge in [-0.1, -0.05) is 155 Å². The van der Waals surface area contributed by atoms with Crippen LogP contribution < -0.4 is 10.6 Å². The lowest BCUT2D eigenvalue weighted by atomic mass is 10.0. The van der Waals surface area contributed by atoms with E-state index in [1.54, 1.807) is 6.92 Å². The zero-order valence-corrected chi connectivity index (χ0v) is 29.6. The first-order valence-electron chi connectivity index (χ1n) is 19.3. The molecule has 0 aliphatic heterocycles. The molecule has 2 amide bonds. The summed E-state index contributed by atoms with van der Waals surface area (Å²) in [7, 11) is 0. The van der Waals surface area contributed by atoms with E-state index in [9.17, 15) is 14.4 Å². The van der Waals surface area contributed by atoms with Crippen molar-refractivity contribution in [2.24, 2.45) is 0 Å². The maximum Gasteiger partial charge on any atom is 0.328 e. The SMILES string of the molecule is CCCCCCCCCCCCCCCCCC(=O)N[C@@H](CCCCNC(=O)CCCCCCCCCCC)C(=O)OCC. The summed E-state index contributed by atoms with van der Waals surface area (Å²) in [6.45, 7) is 7.22. The average Bonchev–Trinajstić information content (AvgIpc) is 3.01. The van der Waals surface area contributed by atoms with Crippen LogP contribution >= 0.6 is 0 Å². The van der Waals surface area contributed by atoms with E-state index >= 15 is 0 Å². The smallest absolute Gasteiger partial charge is 0.328 e. The monoisotopic (exact) mass is 623 g/mol. The summed E-state index contributed by atoms with van der Waals surface area (Å²) in [5, 5.41) is 5.91. The molecule has 0 heterocycles. The van der Waals surface area contributed by atoms with Gasteiger partial charge in [0.1, 0.15) is 6.04 Å². The third-order valence-corrected chi connectivity index (χ3v) is 8.66. The van der Waals surface area contributed by atoms with Crippen molar-refractivity contribution in [2.45, 2.75) is 213 Å². The molecule has 0 rings (SSSR count). The molecule has 0 aromatic heterocycles. The predicted molar refractivity (Wildman–Crippen MR) is 187 cm³/mol. The summed E-state index contributed by atoms with van der Waals surface area (Å²) >= 11 is 0. The van der Waals surface area contributed by atoms with Crippen LogP contribution in [0.2, 0.25) is 0 Å². The van der Waals surface area contributed by atoms with Crippen LogP contribution in [0.5, 0.6) is 0 Å². The molecule has 0 aliphatic rings. The van der Waals surface area contributed by atoms with Crippen molar-refractivity contribution >= 4 is 17.8 Å². The first-order valence-corrected chi connectivity index (χ1v) is 19.3. The summed E-state index contributed by atoms with van der Waals surface area (Å²) in [4.78, 5) is 37.1. The van der Waals surface area contributed by atoms with Gasteiger partial charge in [-0.2, -0.15) is 0 Å². The van der Waals surface area contributed by atoms with Gasteiger partial charge in [-0.25, -0.2) is 4.79 Å². The molecule has 0 aliphatic carbocycles. The van der Waals surface area contributed by atoms with Gasteiger partial charge >= 0.3 is 5.97 Å². The number of unbranched alkanes of at least 4 members (excludes halogenated alkanes) is 23. The molecule has 0 spiro atoms. The third kappa shape index (κ3) is 30.4. The number of amides is 2. The van der Waals surface area contributed by atoms with Crippen LogP contribution in [0.1, 0.15) is 207 Å². The third-order valence-electron chi connectivity index (χ3n) is 8.66. The van der Waals surface area contributed by atoms with E-state index < -0.39 is 6.04 Å². The number of hydrogen-bond donors (Lipinski definition) is 2. The Morgan fingerprint density at radius 2 is 0.864 bits per heavy atom. The number of ether oxygens (including phenoxy) is 1. The van der Waals surface area contributed by atoms with Crippen LogP contribution in [0, 0.1) is 0 Å². The highest BCUT2D eigenvalue weighted by Gasteiger charge is 2.21. The van der Waals surface area contributed by atoms with E-state index in [1.807, 2.05) is 0 Å². The Labute approximate surface area is 273 Å². The van der Waals surface area contributed by atoms with Crippen LogP contribution in [0.25, 0.3) is 0 Å². The van der Waals surface area contributed by atoms with Crippen molar-refractivity contribution in [3.63, 3.8) is 0 Å². The van der Waals surface area contributed by atoms with E-state index in [-0.39, 0.29) is 17.8 Å². The van der Waals surface area contributed by atoms with Crippen molar-refractivity contribution in [2.75, 3.05) is 13.2 Å². The van der Waals surface area contributed by atoms with Gasteiger partial charge in [0.05, 0.1) is 6.61 Å². The van der Waals surface area contributed by atoms with E-state index in [1.165, 1.54) is 128 Å². The van der Waals surface area contributed by atoms with E-state index in [2.05, 4.69) is 24.5 Å². The second kappa shape index (κ2) is 34.3. The largest absolute Gasteiger partial charge is 0.464 e. The quantitative estimate of drug-likeness (QED) is 0.0552. The highest BCUT2D eigenvalue weighted by atomic mass is 16.5. The highest BCUT2D eigenvalue weighted by Crippen LogP contribution is 2.14. The summed E-state index contributed by atoms with van der Waals surface area (Å²) in [6, 6.07) is -0.600. The topological polar surface area (TPSA) is 84.5 Å². The Morgan fingerprint density at radius 3 is 1.27 bits per heavy atom. The van der Waals surface area contributed by atoms with Crippen molar-refractivity contribution in [3.05, 3.63) is 0 Å². The summed E-state index contributed by atoms with van der Waals surface area (Å²) < 4.78 is 5.20. The van der Waals surface area contributed by atoms with Crippen LogP contribution in [0.3, 0.4) is 0 Å². The Bertz CT molecular complexity index is 655. The molecule has 0 aromatic rings. The number of nitrogens with one attached hydrogen (secondary N) is 2. The molecule has 44 heavy (non-hydrogen) atoms. The van der Waals surface area contributed by atoms with Crippen LogP contribution in [-0.4, -0.2) is 37.0 Å². The molecule has 0 saturated carbocycles. The number of esters is 1. The molecule has 0 radical (unpaired) electrons.